The van der Waals surface area contributed by atoms with E-state index in [1.54, 1.807) is 48.5 Å². The van der Waals surface area contributed by atoms with Gasteiger partial charge in [-0.15, -0.1) is 0 Å². The van der Waals surface area contributed by atoms with Crippen molar-refractivity contribution in [3.63, 3.8) is 0 Å². The van der Waals surface area contributed by atoms with Gasteiger partial charge in [-0.25, -0.2) is 5.43 Å². The maximum absolute atomic E-state index is 12.9. The van der Waals surface area contributed by atoms with E-state index < -0.39 is 11.8 Å². The first kappa shape index (κ1) is 23.3. The normalized spacial score (nSPS) is 11.3. The van der Waals surface area contributed by atoms with E-state index in [4.69, 9.17) is 0 Å². The van der Waals surface area contributed by atoms with Crippen LogP contribution in [0.5, 0.6) is 5.75 Å². The second-order valence-corrected chi connectivity index (χ2v) is 7.63. The maximum Gasteiger partial charge on any atom is 0.287 e. The fraction of sp³-hybridized carbons (Fsp3) is 0.115. The number of aryl methyl sites for hydroxylation is 1. The first-order valence-corrected chi connectivity index (χ1v) is 10.3. The highest BCUT2D eigenvalue weighted by Gasteiger charge is 2.14. The van der Waals surface area contributed by atoms with Crippen LogP contribution in [0.3, 0.4) is 0 Å². The molecule has 3 aromatic carbocycles. The topological polar surface area (TPSA) is 94.0 Å². The highest BCUT2D eigenvalue weighted by Crippen LogP contribution is 2.16. The zero-order valence-electron chi connectivity index (χ0n) is 18.7. The molecule has 0 radical (unpaired) electrons. The number of nitrogens with zero attached hydrogens (tertiary/aromatic N) is 2. The van der Waals surface area contributed by atoms with Crippen LogP contribution >= 0.6 is 0 Å². The Morgan fingerprint density at radius 3 is 2.33 bits per heavy atom. The molecule has 7 heteroatoms. The van der Waals surface area contributed by atoms with Crippen LogP contribution in [0.1, 0.15) is 27.0 Å². The lowest BCUT2D eigenvalue weighted by Crippen LogP contribution is -2.32. The van der Waals surface area contributed by atoms with E-state index in [0.717, 1.165) is 16.8 Å². The average molecular weight is 443 g/mol. The Balaban J connectivity index is 1.83. The van der Waals surface area contributed by atoms with Gasteiger partial charge < -0.3 is 15.3 Å². The van der Waals surface area contributed by atoms with Crippen LogP contribution in [0.15, 0.2) is 83.6 Å². The van der Waals surface area contributed by atoms with Gasteiger partial charge in [0.2, 0.25) is 0 Å². The van der Waals surface area contributed by atoms with Crippen LogP contribution in [0.4, 0.5) is 5.69 Å². The first-order valence-electron chi connectivity index (χ1n) is 10.3. The van der Waals surface area contributed by atoms with Crippen molar-refractivity contribution in [3.8, 4) is 5.75 Å². The van der Waals surface area contributed by atoms with Crippen molar-refractivity contribution in [1.82, 2.24) is 10.7 Å². The minimum absolute atomic E-state index is 0.0343. The number of hydrogen-bond donors (Lipinski definition) is 3. The van der Waals surface area contributed by atoms with E-state index in [-0.39, 0.29) is 11.4 Å². The molecule has 3 N–H and O–H groups in total. The number of anilines is 1. The predicted octanol–water partition coefficient (Wildman–Crippen LogP) is 3.69. The fourth-order valence-electron chi connectivity index (χ4n) is 2.98. The van der Waals surface area contributed by atoms with Crippen molar-refractivity contribution in [2.24, 2.45) is 5.10 Å². The van der Waals surface area contributed by atoms with Crippen molar-refractivity contribution >= 4 is 29.8 Å². The molecule has 2 amide bonds. The summed E-state index contributed by atoms with van der Waals surface area (Å²) in [5.74, 6) is -0.964. The molecule has 0 saturated heterocycles. The molecule has 3 rings (SSSR count). The number of rotatable bonds is 7. The van der Waals surface area contributed by atoms with Gasteiger partial charge in [-0.3, -0.25) is 9.59 Å². The second kappa shape index (κ2) is 10.8. The average Bonchev–Trinajstić information content (AvgIpc) is 2.81. The van der Waals surface area contributed by atoms with Crippen LogP contribution in [-0.2, 0) is 4.79 Å². The van der Waals surface area contributed by atoms with Gasteiger partial charge in [0.05, 0.1) is 6.21 Å². The van der Waals surface area contributed by atoms with Crippen LogP contribution in [-0.4, -0.2) is 37.2 Å². The van der Waals surface area contributed by atoms with E-state index in [9.17, 15) is 14.7 Å². The van der Waals surface area contributed by atoms with Crippen molar-refractivity contribution in [2.75, 3.05) is 19.0 Å². The molecule has 0 aliphatic heterocycles. The lowest BCUT2D eigenvalue weighted by Gasteiger charge is -2.12. The monoisotopic (exact) mass is 442 g/mol. The van der Waals surface area contributed by atoms with Crippen LogP contribution < -0.4 is 15.6 Å². The number of hydrazone groups is 1. The van der Waals surface area contributed by atoms with Crippen molar-refractivity contribution < 1.29 is 14.7 Å². The van der Waals surface area contributed by atoms with Gasteiger partial charge in [0.1, 0.15) is 11.4 Å². The molecule has 0 atom stereocenters. The molecule has 0 aromatic heterocycles. The Hall–Kier alpha value is -4.39. The number of hydrogen-bond acceptors (Lipinski definition) is 5. The zero-order valence-corrected chi connectivity index (χ0v) is 18.7. The summed E-state index contributed by atoms with van der Waals surface area (Å²) in [6.07, 6.45) is 2.93. The third kappa shape index (κ3) is 6.54. The number of phenolic OH excluding ortho intramolecular Hbond substituents is 1. The highest BCUT2D eigenvalue weighted by molar-refractivity contribution is 6.05. The number of carbonyl (C=O) groups excluding carboxylic acids is 2. The lowest BCUT2D eigenvalue weighted by molar-refractivity contribution is -0.117. The van der Waals surface area contributed by atoms with Crippen molar-refractivity contribution in [2.45, 2.75) is 6.92 Å². The molecule has 33 heavy (non-hydrogen) atoms. The van der Waals surface area contributed by atoms with Crippen LogP contribution in [0.2, 0.25) is 0 Å². The minimum atomic E-state index is -0.598. The summed E-state index contributed by atoms with van der Waals surface area (Å²) in [6, 6.07) is 21.2. The lowest BCUT2D eigenvalue weighted by atomic mass is 10.1. The first-order chi connectivity index (χ1) is 15.8. The third-order valence-corrected chi connectivity index (χ3v) is 4.80. The fourth-order valence-corrected chi connectivity index (χ4v) is 2.98. The van der Waals surface area contributed by atoms with Crippen LogP contribution in [0.25, 0.3) is 6.08 Å². The molecule has 0 unspecified atom stereocenters. The number of amides is 2. The second-order valence-electron chi connectivity index (χ2n) is 7.63. The van der Waals surface area contributed by atoms with Crippen molar-refractivity contribution in [3.05, 3.63) is 101 Å². The Morgan fingerprint density at radius 1 is 0.970 bits per heavy atom. The number of nitrogens with one attached hydrogen (secondary N) is 2. The van der Waals surface area contributed by atoms with Gasteiger partial charge >= 0.3 is 0 Å². The standard InChI is InChI=1S/C26H26N4O3/c1-18-9-14-24(31)21(15-18)17-27-29-26(33)23(28-25(32)20-7-5-4-6-8-20)16-19-10-12-22(13-11-19)30(2)3/h4-17,31H,1-3H3,(H,28,32)(H,29,33)/b23-16+,27-17?. The van der Waals surface area contributed by atoms with E-state index >= 15 is 0 Å². The molecular weight excluding hydrogens is 416 g/mol. The van der Waals surface area contributed by atoms with Gasteiger partial charge in [0.15, 0.2) is 0 Å². The molecule has 7 nitrogen and oxygen atoms in total. The van der Waals surface area contributed by atoms with E-state index in [2.05, 4.69) is 15.8 Å². The molecule has 0 heterocycles. The SMILES string of the molecule is Cc1ccc(O)c(C=NNC(=O)/C(=C\c2ccc(N(C)C)cc2)NC(=O)c2ccccc2)c1. The molecule has 0 aliphatic rings. The zero-order chi connectivity index (χ0) is 23.8. The Labute approximate surface area is 193 Å². The third-order valence-electron chi connectivity index (χ3n) is 4.80. The van der Waals surface area contributed by atoms with Crippen molar-refractivity contribution in [1.29, 1.82) is 0 Å². The van der Waals surface area contributed by atoms with Gasteiger partial charge in [0.25, 0.3) is 11.8 Å². The predicted molar refractivity (Wildman–Crippen MR) is 131 cm³/mol. The Kier molecular flexibility index (Phi) is 7.60. The smallest absolute Gasteiger partial charge is 0.287 e. The largest absolute Gasteiger partial charge is 0.507 e. The Morgan fingerprint density at radius 2 is 1.67 bits per heavy atom. The van der Waals surface area contributed by atoms with Gasteiger partial charge in [-0.05, 0) is 55.0 Å². The van der Waals surface area contributed by atoms with Gasteiger partial charge in [-0.2, -0.15) is 5.10 Å². The number of phenols is 1. The summed E-state index contributed by atoms with van der Waals surface area (Å²) < 4.78 is 0. The molecule has 168 valence electrons. The highest BCUT2D eigenvalue weighted by atomic mass is 16.3. The number of benzene rings is 3. The maximum atomic E-state index is 12.9. The summed E-state index contributed by atoms with van der Waals surface area (Å²) in [5, 5.41) is 16.5. The quantitative estimate of drug-likeness (QED) is 0.296. The molecule has 0 spiro atoms. The van der Waals surface area contributed by atoms with E-state index in [1.165, 1.54) is 6.21 Å². The molecule has 0 fully saturated rings. The summed E-state index contributed by atoms with van der Waals surface area (Å²) in [6.45, 7) is 1.89. The van der Waals surface area contributed by atoms with E-state index in [1.807, 2.05) is 56.3 Å². The molecule has 0 aliphatic carbocycles. The summed E-state index contributed by atoms with van der Waals surface area (Å²) in [5.41, 5.74) is 6.02. The summed E-state index contributed by atoms with van der Waals surface area (Å²) in [7, 11) is 3.88. The number of carbonyl (C=O) groups is 2. The minimum Gasteiger partial charge on any atom is -0.507 e. The summed E-state index contributed by atoms with van der Waals surface area (Å²) in [4.78, 5) is 27.5. The molecule has 3 aromatic rings. The summed E-state index contributed by atoms with van der Waals surface area (Å²) >= 11 is 0. The molecular formula is C26H26N4O3. The van der Waals surface area contributed by atoms with Gasteiger partial charge in [0, 0.05) is 30.9 Å². The number of aromatic hydroxyl groups is 1. The molecule has 0 bridgehead atoms. The van der Waals surface area contributed by atoms with Crippen LogP contribution in [0, 0.1) is 6.92 Å². The Bertz CT molecular complexity index is 1180. The molecule has 0 saturated carbocycles. The van der Waals surface area contributed by atoms with Gasteiger partial charge in [-0.1, -0.05) is 42.0 Å². The van der Waals surface area contributed by atoms with E-state index in [0.29, 0.717) is 11.1 Å².